The molecule has 0 radical (unpaired) electrons. The largest absolute Gasteiger partial charge is 0.490 e. The number of nitrogens with one attached hydrogen (secondary N) is 1. The molecule has 2 aromatic rings. The minimum absolute atomic E-state index is 0.156. The van der Waals surface area contributed by atoms with E-state index in [1.807, 2.05) is 24.3 Å². The van der Waals surface area contributed by atoms with E-state index in [4.69, 9.17) is 4.74 Å². The lowest BCUT2D eigenvalue weighted by molar-refractivity contribution is -0.132. The first-order valence-electron chi connectivity index (χ1n) is 8.99. The monoisotopic (exact) mass is 391 g/mol. The average molecular weight is 391 g/mol. The zero-order valence-electron chi connectivity index (χ0n) is 15.1. The Balaban J connectivity index is 1.57. The number of ether oxygens (including phenoxy) is 1. The lowest BCUT2D eigenvalue weighted by Crippen LogP contribution is -2.28. The Hall–Kier alpha value is -2.80. The fourth-order valence-corrected chi connectivity index (χ4v) is 3.16. The standard InChI is InChI=1S/C21H20F3NO3/c22-17-7-8-18(20(24)19(17)23)28-11-1-2-13-3-5-14(6-4-13)15-9-10-25-12-16(15)21(26)27/h3-8,25H,1-2,9-12H2,(H,26,27). The Kier molecular flexibility index (Phi) is 6.36. The molecule has 7 heteroatoms. The van der Waals surface area contributed by atoms with E-state index in [2.05, 4.69) is 5.32 Å². The van der Waals surface area contributed by atoms with Crippen molar-refractivity contribution in [1.29, 1.82) is 0 Å². The zero-order valence-corrected chi connectivity index (χ0v) is 15.1. The van der Waals surface area contributed by atoms with Crippen molar-refractivity contribution in [2.45, 2.75) is 19.3 Å². The van der Waals surface area contributed by atoms with Gasteiger partial charge in [-0.2, -0.15) is 4.39 Å². The number of hydrogen-bond acceptors (Lipinski definition) is 3. The molecule has 3 rings (SSSR count). The second kappa shape index (κ2) is 8.93. The molecular formula is C21H20F3NO3. The summed E-state index contributed by atoms with van der Waals surface area (Å²) in [7, 11) is 0. The molecule has 1 aliphatic rings. The van der Waals surface area contributed by atoms with Gasteiger partial charge in [0.15, 0.2) is 17.4 Å². The minimum Gasteiger partial charge on any atom is -0.490 e. The lowest BCUT2D eigenvalue weighted by Gasteiger charge is -2.19. The fraction of sp³-hybridized carbons (Fsp3) is 0.286. The van der Waals surface area contributed by atoms with Crippen LogP contribution in [-0.2, 0) is 11.2 Å². The Morgan fingerprint density at radius 1 is 1.07 bits per heavy atom. The van der Waals surface area contributed by atoms with E-state index < -0.39 is 23.4 Å². The summed E-state index contributed by atoms with van der Waals surface area (Å²) in [5, 5.41) is 12.4. The van der Waals surface area contributed by atoms with Crippen molar-refractivity contribution in [1.82, 2.24) is 5.32 Å². The highest BCUT2D eigenvalue weighted by molar-refractivity contribution is 5.97. The number of halogens is 3. The van der Waals surface area contributed by atoms with Crippen molar-refractivity contribution in [2.24, 2.45) is 0 Å². The third-order valence-electron chi connectivity index (χ3n) is 4.65. The maximum Gasteiger partial charge on any atom is 0.333 e. The molecule has 0 aromatic heterocycles. The SMILES string of the molecule is O=C(O)C1=C(c2ccc(CCCOc3ccc(F)c(F)c3F)cc2)CCNC1. The smallest absolute Gasteiger partial charge is 0.333 e. The van der Waals surface area contributed by atoms with Crippen LogP contribution in [-0.4, -0.2) is 30.8 Å². The Morgan fingerprint density at radius 3 is 2.54 bits per heavy atom. The lowest BCUT2D eigenvalue weighted by atomic mass is 9.93. The van der Waals surface area contributed by atoms with E-state index in [0.29, 0.717) is 31.4 Å². The van der Waals surface area contributed by atoms with Crippen molar-refractivity contribution in [3.63, 3.8) is 0 Å². The number of carbonyl (C=O) groups is 1. The van der Waals surface area contributed by atoms with Crippen LogP contribution in [0.15, 0.2) is 42.0 Å². The summed E-state index contributed by atoms with van der Waals surface area (Å²) >= 11 is 0. The highest BCUT2D eigenvalue weighted by atomic mass is 19.2. The van der Waals surface area contributed by atoms with E-state index in [1.165, 1.54) is 0 Å². The summed E-state index contributed by atoms with van der Waals surface area (Å²) in [6.07, 6.45) is 1.87. The second-order valence-electron chi connectivity index (χ2n) is 6.51. The van der Waals surface area contributed by atoms with Crippen LogP contribution in [0.1, 0.15) is 24.0 Å². The van der Waals surface area contributed by atoms with Crippen molar-refractivity contribution in [3.8, 4) is 5.75 Å². The molecule has 0 unspecified atom stereocenters. The molecule has 2 N–H and O–H groups in total. The van der Waals surface area contributed by atoms with Crippen LogP contribution in [0.3, 0.4) is 0 Å². The van der Waals surface area contributed by atoms with Gasteiger partial charge in [-0.25, -0.2) is 13.6 Å². The van der Waals surface area contributed by atoms with Gasteiger partial charge in [0.1, 0.15) is 0 Å². The van der Waals surface area contributed by atoms with E-state index in [0.717, 1.165) is 35.4 Å². The summed E-state index contributed by atoms with van der Waals surface area (Å²) in [5.74, 6) is -5.34. The van der Waals surface area contributed by atoms with Crippen molar-refractivity contribution in [3.05, 3.63) is 70.5 Å². The number of benzene rings is 2. The van der Waals surface area contributed by atoms with Crippen LogP contribution in [0.5, 0.6) is 5.75 Å². The normalized spacial score (nSPS) is 14.2. The van der Waals surface area contributed by atoms with Crippen LogP contribution in [0.4, 0.5) is 13.2 Å². The summed E-state index contributed by atoms with van der Waals surface area (Å²) in [4.78, 5) is 11.4. The molecular weight excluding hydrogens is 371 g/mol. The summed E-state index contributed by atoms with van der Waals surface area (Å²) in [5.41, 5.74) is 3.14. The van der Waals surface area contributed by atoms with Gasteiger partial charge in [0, 0.05) is 6.54 Å². The number of hydrogen-bond donors (Lipinski definition) is 2. The van der Waals surface area contributed by atoms with Gasteiger partial charge in [0.2, 0.25) is 5.82 Å². The van der Waals surface area contributed by atoms with E-state index in [-0.39, 0.29) is 12.4 Å². The van der Waals surface area contributed by atoms with Gasteiger partial charge in [-0.05, 0) is 54.6 Å². The van der Waals surface area contributed by atoms with Gasteiger partial charge in [0.25, 0.3) is 0 Å². The predicted octanol–water partition coefficient (Wildman–Crippen LogP) is 3.95. The van der Waals surface area contributed by atoms with Gasteiger partial charge in [0.05, 0.1) is 12.2 Å². The molecule has 0 fully saturated rings. The molecule has 0 bridgehead atoms. The molecule has 28 heavy (non-hydrogen) atoms. The predicted molar refractivity (Wildman–Crippen MR) is 98.6 cm³/mol. The zero-order chi connectivity index (χ0) is 20.1. The molecule has 0 saturated carbocycles. The van der Waals surface area contributed by atoms with Gasteiger partial charge in [-0.3, -0.25) is 0 Å². The van der Waals surface area contributed by atoms with Gasteiger partial charge < -0.3 is 15.2 Å². The third-order valence-corrected chi connectivity index (χ3v) is 4.65. The van der Waals surface area contributed by atoms with Crippen LogP contribution < -0.4 is 10.1 Å². The number of aliphatic carboxylic acids is 1. The highest BCUT2D eigenvalue weighted by Crippen LogP contribution is 2.25. The Labute approximate surface area is 160 Å². The van der Waals surface area contributed by atoms with E-state index >= 15 is 0 Å². The molecule has 2 aromatic carbocycles. The van der Waals surface area contributed by atoms with Crippen LogP contribution in [0.25, 0.3) is 5.57 Å². The second-order valence-corrected chi connectivity index (χ2v) is 6.51. The Morgan fingerprint density at radius 2 is 1.82 bits per heavy atom. The summed E-state index contributed by atoms with van der Waals surface area (Å²) < 4.78 is 44.8. The molecule has 0 spiro atoms. The van der Waals surface area contributed by atoms with Crippen LogP contribution in [0, 0.1) is 17.5 Å². The van der Waals surface area contributed by atoms with Gasteiger partial charge in [-0.1, -0.05) is 24.3 Å². The van der Waals surface area contributed by atoms with Crippen LogP contribution >= 0.6 is 0 Å². The maximum absolute atomic E-state index is 13.5. The minimum atomic E-state index is -1.54. The van der Waals surface area contributed by atoms with E-state index in [9.17, 15) is 23.1 Å². The molecule has 0 saturated heterocycles. The van der Waals surface area contributed by atoms with E-state index in [1.54, 1.807) is 0 Å². The molecule has 0 amide bonds. The quantitative estimate of drug-likeness (QED) is 0.554. The van der Waals surface area contributed by atoms with Crippen molar-refractivity contribution < 1.29 is 27.8 Å². The molecule has 0 atom stereocenters. The molecule has 1 aliphatic heterocycles. The first-order chi connectivity index (χ1) is 13.5. The molecule has 4 nitrogen and oxygen atoms in total. The first-order valence-corrected chi connectivity index (χ1v) is 8.99. The van der Waals surface area contributed by atoms with Gasteiger partial charge >= 0.3 is 5.97 Å². The molecule has 1 heterocycles. The Bertz CT molecular complexity index is 895. The third kappa shape index (κ3) is 4.54. The first kappa shape index (κ1) is 19.9. The van der Waals surface area contributed by atoms with Crippen LogP contribution in [0.2, 0.25) is 0 Å². The summed E-state index contributed by atoms with van der Waals surface area (Å²) in [6.45, 7) is 1.25. The number of aryl methyl sites for hydroxylation is 1. The molecule has 148 valence electrons. The van der Waals surface area contributed by atoms with Crippen molar-refractivity contribution in [2.75, 3.05) is 19.7 Å². The maximum atomic E-state index is 13.5. The highest BCUT2D eigenvalue weighted by Gasteiger charge is 2.19. The molecule has 0 aliphatic carbocycles. The average Bonchev–Trinajstić information content (AvgIpc) is 2.71. The van der Waals surface area contributed by atoms with Crippen molar-refractivity contribution >= 4 is 11.5 Å². The summed E-state index contributed by atoms with van der Waals surface area (Å²) in [6, 6.07) is 9.52. The number of carboxylic acid groups (broad SMARTS) is 1. The topological polar surface area (TPSA) is 58.6 Å². The number of rotatable bonds is 7. The number of carboxylic acids is 1. The fourth-order valence-electron chi connectivity index (χ4n) is 3.16. The van der Waals surface area contributed by atoms with Gasteiger partial charge in [-0.15, -0.1) is 0 Å².